The van der Waals surface area contributed by atoms with Gasteiger partial charge in [0.25, 0.3) is 12.0 Å². The zero-order chi connectivity index (χ0) is 32.5. The molecule has 45 heavy (non-hydrogen) atoms. The molecule has 0 fully saturated rings. The van der Waals surface area contributed by atoms with E-state index in [1.165, 1.54) is 36.9 Å². The predicted octanol–water partition coefficient (Wildman–Crippen LogP) is 7.22. The summed E-state index contributed by atoms with van der Waals surface area (Å²) in [6, 6.07) is 10.4. The number of fused-ring (bicyclic) bond motifs is 1. The summed E-state index contributed by atoms with van der Waals surface area (Å²) in [6.45, 7) is 3.67. The smallest absolute Gasteiger partial charge is 0.507 e. The van der Waals surface area contributed by atoms with Crippen LogP contribution in [0.2, 0.25) is 0 Å². The van der Waals surface area contributed by atoms with Gasteiger partial charge in [0, 0.05) is 16.5 Å². The summed E-state index contributed by atoms with van der Waals surface area (Å²) in [5, 5.41) is 29.9. The molecule has 0 aliphatic heterocycles. The minimum Gasteiger partial charge on any atom is -0.507 e. The van der Waals surface area contributed by atoms with E-state index in [1.807, 2.05) is 13.0 Å². The number of rotatable bonds is 14. The number of carboxylic acid groups (broad SMARTS) is 1. The fourth-order valence-corrected chi connectivity index (χ4v) is 5.52. The van der Waals surface area contributed by atoms with Crippen molar-refractivity contribution in [2.24, 2.45) is 0 Å². The number of aromatic hydroxyl groups is 1. The SMILES string of the molecule is CCCc1c(OCC/C=C\C=C\[C@H](Sc2ccc3c(=O)cc(OC(=O)O)oc3c2)[C@H](O)c2ccc(F)o2)ccc(C(C)=O)c1O. The second-order valence-corrected chi connectivity index (χ2v) is 11.1. The number of Topliss-reactive ketones (excluding diaryl/α,β-unsaturated/α-hetero) is 1. The van der Waals surface area contributed by atoms with E-state index in [0.29, 0.717) is 35.7 Å². The molecule has 12 heteroatoms. The number of carbonyl (C=O) groups is 2. The molecule has 3 N–H and O–H groups in total. The summed E-state index contributed by atoms with van der Waals surface area (Å²) < 4.78 is 34.3. The van der Waals surface area contributed by atoms with E-state index in [4.69, 9.17) is 18.7 Å². The molecule has 0 bridgehead atoms. The van der Waals surface area contributed by atoms with Crippen molar-refractivity contribution < 1.29 is 47.6 Å². The van der Waals surface area contributed by atoms with Crippen LogP contribution >= 0.6 is 11.8 Å². The Morgan fingerprint density at radius 2 is 1.89 bits per heavy atom. The van der Waals surface area contributed by atoms with E-state index < -0.39 is 34.9 Å². The molecule has 0 unspecified atom stereocenters. The maximum absolute atomic E-state index is 13.6. The molecular formula is C33H31FO10S. The highest BCUT2D eigenvalue weighted by molar-refractivity contribution is 8.00. The Labute approximate surface area is 261 Å². The number of halogens is 1. The number of benzene rings is 2. The number of hydrogen-bond acceptors (Lipinski definition) is 10. The van der Waals surface area contributed by atoms with Gasteiger partial charge in [-0.3, -0.25) is 9.59 Å². The lowest BCUT2D eigenvalue weighted by atomic mass is 10.0. The van der Waals surface area contributed by atoms with Gasteiger partial charge < -0.3 is 33.6 Å². The van der Waals surface area contributed by atoms with Gasteiger partial charge in [-0.25, -0.2) is 4.79 Å². The van der Waals surface area contributed by atoms with Crippen molar-refractivity contribution in [2.75, 3.05) is 6.61 Å². The molecule has 2 aromatic carbocycles. The van der Waals surface area contributed by atoms with E-state index in [0.717, 1.165) is 18.6 Å². The molecule has 4 rings (SSSR count). The van der Waals surface area contributed by atoms with Crippen LogP contribution in [0.5, 0.6) is 17.4 Å². The number of furan rings is 1. The van der Waals surface area contributed by atoms with Crippen molar-refractivity contribution >= 4 is 34.7 Å². The van der Waals surface area contributed by atoms with Gasteiger partial charge >= 0.3 is 6.16 Å². The average molecular weight is 639 g/mol. The van der Waals surface area contributed by atoms with Crippen molar-refractivity contribution in [3.63, 3.8) is 0 Å². The van der Waals surface area contributed by atoms with Crippen LogP contribution in [0.1, 0.15) is 54.5 Å². The maximum atomic E-state index is 13.6. The van der Waals surface area contributed by atoms with Crippen LogP contribution in [-0.2, 0) is 6.42 Å². The quantitative estimate of drug-likeness (QED) is 0.0421. The lowest BCUT2D eigenvalue weighted by Gasteiger charge is -2.18. The van der Waals surface area contributed by atoms with Gasteiger partial charge in [-0.05, 0) is 56.2 Å². The van der Waals surface area contributed by atoms with Gasteiger partial charge in [0.05, 0.1) is 28.9 Å². The summed E-state index contributed by atoms with van der Waals surface area (Å²) in [6.07, 6.45) is 5.94. The molecule has 0 aliphatic carbocycles. The first kappa shape index (κ1) is 33.1. The molecule has 0 amide bonds. The fraction of sp³-hybridized carbons (Fsp3) is 0.242. The monoisotopic (exact) mass is 638 g/mol. The zero-order valence-electron chi connectivity index (χ0n) is 24.4. The van der Waals surface area contributed by atoms with Crippen molar-refractivity contribution in [1.29, 1.82) is 0 Å². The Hall–Kier alpha value is -4.81. The number of hydrogen-bond donors (Lipinski definition) is 3. The summed E-state index contributed by atoms with van der Waals surface area (Å²) in [5.74, 6) is -0.233. The van der Waals surface area contributed by atoms with E-state index in [2.05, 4.69) is 4.74 Å². The zero-order valence-corrected chi connectivity index (χ0v) is 25.2. The number of phenols is 1. The third-order valence-corrected chi connectivity index (χ3v) is 7.76. The number of ether oxygens (including phenoxy) is 2. The number of aliphatic hydroxyl groups excluding tert-OH is 1. The van der Waals surface area contributed by atoms with Gasteiger partial charge in [-0.2, -0.15) is 4.39 Å². The van der Waals surface area contributed by atoms with Crippen molar-refractivity contribution in [3.05, 3.63) is 106 Å². The second kappa shape index (κ2) is 15.3. The Bertz CT molecular complexity index is 1790. The van der Waals surface area contributed by atoms with Crippen LogP contribution in [0.15, 0.2) is 91.4 Å². The molecule has 0 saturated heterocycles. The van der Waals surface area contributed by atoms with Gasteiger partial charge in [0.15, 0.2) is 11.2 Å². The maximum Gasteiger partial charge on any atom is 0.513 e. The van der Waals surface area contributed by atoms with Gasteiger partial charge in [0.1, 0.15) is 28.9 Å². The third kappa shape index (κ3) is 8.64. The topological polar surface area (TPSA) is 157 Å². The van der Waals surface area contributed by atoms with Crippen LogP contribution in [0.4, 0.5) is 9.18 Å². The summed E-state index contributed by atoms with van der Waals surface area (Å²) in [4.78, 5) is 35.6. The number of phenolic OH excluding ortho intramolecular Hbond substituents is 1. The molecule has 2 aromatic heterocycles. The number of thioether (sulfide) groups is 1. The molecule has 0 saturated carbocycles. The summed E-state index contributed by atoms with van der Waals surface area (Å²) in [7, 11) is 0. The molecule has 0 spiro atoms. The summed E-state index contributed by atoms with van der Waals surface area (Å²) >= 11 is 1.17. The van der Waals surface area contributed by atoms with E-state index in [1.54, 1.807) is 36.4 Å². The largest absolute Gasteiger partial charge is 0.513 e. The minimum atomic E-state index is -1.63. The van der Waals surface area contributed by atoms with Gasteiger partial charge in [0.2, 0.25) is 0 Å². The third-order valence-electron chi connectivity index (χ3n) is 6.54. The predicted molar refractivity (Wildman–Crippen MR) is 165 cm³/mol. The number of ketones is 1. The minimum absolute atomic E-state index is 0.0124. The first-order valence-electron chi connectivity index (χ1n) is 14.0. The normalized spacial score (nSPS) is 13.0. The Morgan fingerprint density at radius 1 is 1.09 bits per heavy atom. The molecule has 2 atom stereocenters. The van der Waals surface area contributed by atoms with Crippen molar-refractivity contribution in [1.82, 2.24) is 0 Å². The molecule has 0 aliphatic rings. The number of aliphatic hydroxyl groups is 1. The van der Waals surface area contributed by atoms with Crippen LogP contribution < -0.4 is 14.9 Å². The molecule has 4 aromatic rings. The lowest BCUT2D eigenvalue weighted by molar-refractivity contribution is 0.101. The number of allylic oxidation sites excluding steroid dienone is 2. The highest BCUT2D eigenvalue weighted by Gasteiger charge is 2.24. The second-order valence-electron chi connectivity index (χ2n) is 9.82. The first-order valence-corrected chi connectivity index (χ1v) is 14.9. The van der Waals surface area contributed by atoms with Crippen molar-refractivity contribution in [3.8, 4) is 17.4 Å². The van der Waals surface area contributed by atoms with Crippen LogP contribution in [0, 0.1) is 6.01 Å². The fourth-order valence-electron chi connectivity index (χ4n) is 4.45. The molecule has 10 nitrogen and oxygen atoms in total. The van der Waals surface area contributed by atoms with E-state index in [-0.39, 0.29) is 33.8 Å². The molecular weight excluding hydrogens is 607 g/mol. The Balaban J connectivity index is 1.47. The van der Waals surface area contributed by atoms with E-state index >= 15 is 0 Å². The van der Waals surface area contributed by atoms with Crippen molar-refractivity contribution in [2.45, 2.75) is 49.4 Å². The standard InChI is InChI=1S/C33H31FO10S/c1-3-8-23-25(13-12-21(19(2)35)31(23)37)41-16-7-5-4-6-9-28(32(38)26-14-15-29(34)42-26)45-20-10-11-22-24(36)18-30(44-33(39)40)43-27(22)17-20/h4-6,9-15,17-18,28,32,37-38H,3,7-8,16H2,1-2H3,(H,39,40)/b5-4-,9-6+/t28-,32+/m0/s1. The summed E-state index contributed by atoms with van der Waals surface area (Å²) in [5.41, 5.74) is 0.437. The van der Waals surface area contributed by atoms with Crippen LogP contribution in [0.25, 0.3) is 11.0 Å². The molecule has 2 heterocycles. The Kier molecular flexibility index (Phi) is 11.2. The first-order chi connectivity index (χ1) is 21.6. The number of carbonyl (C=O) groups excluding carboxylic acids is 1. The highest BCUT2D eigenvalue weighted by Crippen LogP contribution is 2.36. The van der Waals surface area contributed by atoms with Crippen LogP contribution in [0.3, 0.4) is 0 Å². The highest BCUT2D eigenvalue weighted by atomic mass is 32.2. The van der Waals surface area contributed by atoms with E-state index in [9.17, 15) is 29.0 Å². The van der Waals surface area contributed by atoms with Gasteiger partial charge in [-0.1, -0.05) is 37.6 Å². The average Bonchev–Trinajstić information content (AvgIpc) is 3.42. The molecule has 236 valence electrons. The lowest BCUT2D eigenvalue weighted by Crippen LogP contribution is -2.12. The van der Waals surface area contributed by atoms with Gasteiger partial charge in [-0.15, -0.1) is 11.8 Å². The van der Waals surface area contributed by atoms with Crippen LogP contribution in [-0.4, -0.2) is 39.1 Å². The molecule has 0 radical (unpaired) electrons. The Morgan fingerprint density at radius 3 is 2.58 bits per heavy atom.